The molecule has 2 aromatic heterocycles. The summed E-state index contributed by atoms with van der Waals surface area (Å²) >= 11 is 1.40. The first-order valence-corrected chi connectivity index (χ1v) is 5.59. The molecular formula is C10H12N2O2S. The molecule has 0 fully saturated rings. The van der Waals surface area contributed by atoms with Crippen LogP contribution in [0.4, 0.5) is 0 Å². The van der Waals surface area contributed by atoms with Gasteiger partial charge in [-0.3, -0.25) is 9.36 Å². The lowest BCUT2D eigenvalue weighted by Crippen LogP contribution is -2.24. The van der Waals surface area contributed by atoms with Crippen molar-refractivity contribution in [2.24, 2.45) is 0 Å². The van der Waals surface area contributed by atoms with Crippen LogP contribution in [0.2, 0.25) is 0 Å². The van der Waals surface area contributed by atoms with Gasteiger partial charge in [0.15, 0.2) is 0 Å². The average Bonchev–Trinajstić information content (AvgIpc) is 2.53. The Hall–Kier alpha value is -1.20. The number of rotatable bonds is 2. The van der Waals surface area contributed by atoms with Gasteiger partial charge in [0, 0.05) is 0 Å². The van der Waals surface area contributed by atoms with Crippen molar-refractivity contribution in [3.8, 4) is 0 Å². The van der Waals surface area contributed by atoms with Gasteiger partial charge in [0.25, 0.3) is 5.56 Å². The smallest absolute Gasteiger partial charge is 0.271 e. The highest BCUT2D eigenvalue weighted by Gasteiger charge is 2.09. The largest absolute Gasteiger partial charge is 0.392 e. The quantitative estimate of drug-likeness (QED) is 0.832. The van der Waals surface area contributed by atoms with Crippen molar-refractivity contribution in [2.45, 2.75) is 26.5 Å². The van der Waals surface area contributed by atoms with Gasteiger partial charge < -0.3 is 5.11 Å². The van der Waals surface area contributed by atoms with Gasteiger partial charge in [-0.2, -0.15) is 0 Å². The Kier molecular flexibility index (Phi) is 2.58. The number of aryl methyl sites for hydroxylation is 1. The van der Waals surface area contributed by atoms with Gasteiger partial charge in [0.05, 0.1) is 24.5 Å². The molecule has 0 amide bonds. The third kappa shape index (κ3) is 1.80. The Morgan fingerprint density at radius 1 is 1.67 bits per heavy atom. The van der Waals surface area contributed by atoms with Crippen molar-refractivity contribution in [1.82, 2.24) is 9.55 Å². The van der Waals surface area contributed by atoms with Gasteiger partial charge in [0.2, 0.25) is 0 Å². The molecule has 2 heterocycles. The summed E-state index contributed by atoms with van der Waals surface area (Å²) in [4.78, 5) is 16.1. The zero-order chi connectivity index (χ0) is 11.0. The van der Waals surface area contributed by atoms with Crippen molar-refractivity contribution in [1.29, 1.82) is 0 Å². The number of aliphatic hydroxyl groups is 1. The topological polar surface area (TPSA) is 55.1 Å². The van der Waals surface area contributed by atoms with Crippen LogP contribution in [0.5, 0.6) is 0 Å². The first kappa shape index (κ1) is 10.3. The minimum atomic E-state index is -0.539. The standard InChI is InChI=1S/C10H12N2O2S/c1-6-4-15-9-8(6)11-5-12(10(9)14)3-7(2)13/h4-5,7,13H,3H2,1-2H3. The molecule has 2 rings (SSSR count). The Bertz CT molecular complexity index is 542. The molecule has 5 heteroatoms. The van der Waals surface area contributed by atoms with Gasteiger partial charge in [-0.25, -0.2) is 4.98 Å². The summed E-state index contributed by atoms with van der Waals surface area (Å²) in [6.45, 7) is 3.87. The lowest BCUT2D eigenvalue weighted by molar-refractivity contribution is 0.172. The van der Waals surface area contributed by atoms with E-state index in [4.69, 9.17) is 0 Å². The maximum Gasteiger partial charge on any atom is 0.271 e. The van der Waals surface area contributed by atoms with Crippen LogP contribution in [-0.2, 0) is 6.54 Å². The molecule has 0 saturated carbocycles. The minimum absolute atomic E-state index is 0.0704. The summed E-state index contributed by atoms with van der Waals surface area (Å²) in [5, 5.41) is 11.1. The molecular weight excluding hydrogens is 212 g/mol. The predicted molar refractivity (Wildman–Crippen MR) is 60.3 cm³/mol. The Morgan fingerprint density at radius 3 is 3.07 bits per heavy atom. The molecule has 1 atom stereocenters. The van der Waals surface area contributed by atoms with Crippen molar-refractivity contribution < 1.29 is 5.11 Å². The van der Waals surface area contributed by atoms with Gasteiger partial charge in [-0.15, -0.1) is 11.3 Å². The third-order valence-electron chi connectivity index (χ3n) is 2.18. The van der Waals surface area contributed by atoms with Gasteiger partial charge in [-0.1, -0.05) is 0 Å². The highest BCUT2D eigenvalue weighted by atomic mass is 32.1. The zero-order valence-electron chi connectivity index (χ0n) is 8.60. The van der Waals surface area contributed by atoms with Gasteiger partial charge in [-0.05, 0) is 24.8 Å². The molecule has 0 bridgehead atoms. The van der Waals surface area contributed by atoms with Crippen LogP contribution in [-0.4, -0.2) is 20.8 Å². The fourth-order valence-corrected chi connectivity index (χ4v) is 2.42. The Labute approximate surface area is 90.8 Å². The molecule has 15 heavy (non-hydrogen) atoms. The van der Waals surface area contributed by atoms with E-state index in [1.807, 2.05) is 12.3 Å². The highest BCUT2D eigenvalue weighted by molar-refractivity contribution is 7.17. The summed E-state index contributed by atoms with van der Waals surface area (Å²) in [6.07, 6.45) is 0.958. The van der Waals surface area contributed by atoms with E-state index in [-0.39, 0.29) is 5.56 Å². The van der Waals surface area contributed by atoms with Crippen molar-refractivity contribution >= 4 is 21.6 Å². The van der Waals surface area contributed by atoms with Gasteiger partial charge in [0.1, 0.15) is 4.70 Å². The minimum Gasteiger partial charge on any atom is -0.392 e. The molecule has 0 aromatic carbocycles. The van der Waals surface area contributed by atoms with E-state index in [1.165, 1.54) is 22.2 Å². The normalized spacial score (nSPS) is 13.3. The highest BCUT2D eigenvalue weighted by Crippen LogP contribution is 2.19. The molecule has 1 N–H and O–H groups in total. The van der Waals surface area contributed by atoms with E-state index in [1.54, 1.807) is 6.92 Å². The Balaban J connectivity index is 2.61. The molecule has 1 unspecified atom stereocenters. The zero-order valence-corrected chi connectivity index (χ0v) is 9.41. The molecule has 0 radical (unpaired) electrons. The van der Waals surface area contributed by atoms with Gasteiger partial charge >= 0.3 is 0 Å². The second kappa shape index (κ2) is 3.75. The number of aromatic nitrogens is 2. The second-order valence-electron chi connectivity index (χ2n) is 3.65. The summed E-state index contributed by atoms with van der Waals surface area (Å²) in [6, 6.07) is 0. The van der Waals surface area contributed by atoms with E-state index < -0.39 is 6.10 Å². The summed E-state index contributed by atoms with van der Waals surface area (Å²) in [7, 11) is 0. The van der Waals surface area contributed by atoms with E-state index in [2.05, 4.69) is 4.98 Å². The lowest BCUT2D eigenvalue weighted by atomic mass is 10.3. The lowest BCUT2D eigenvalue weighted by Gasteiger charge is -2.06. The molecule has 0 aliphatic carbocycles. The predicted octanol–water partition coefficient (Wildman–Crippen LogP) is 1.15. The van der Waals surface area contributed by atoms with E-state index in [0.29, 0.717) is 11.2 Å². The van der Waals surface area contributed by atoms with E-state index in [0.717, 1.165) is 11.1 Å². The summed E-state index contributed by atoms with van der Waals surface area (Å²) < 4.78 is 2.11. The van der Waals surface area contributed by atoms with Crippen LogP contribution in [0.1, 0.15) is 12.5 Å². The number of aliphatic hydroxyl groups excluding tert-OH is 1. The first-order chi connectivity index (χ1) is 7.09. The van der Waals surface area contributed by atoms with Crippen molar-refractivity contribution in [3.63, 3.8) is 0 Å². The average molecular weight is 224 g/mol. The van der Waals surface area contributed by atoms with Crippen LogP contribution in [0, 0.1) is 6.92 Å². The van der Waals surface area contributed by atoms with E-state index in [9.17, 15) is 9.90 Å². The number of thiophene rings is 1. The fraction of sp³-hybridized carbons (Fsp3) is 0.400. The number of hydrogen-bond donors (Lipinski definition) is 1. The van der Waals surface area contributed by atoms with Crippen LogP contribution >= 0.6 is 11.3 Å². The maximum atomic E-state index is 11.9. The molecule has 0 saturated heterocycles. The van der Waals surface area contributed by atoms with Crippen molar-refractivity contribution in [3.05, 3.63) is 27.6 Å². The van der Waals surface area contributed by atoms with Crippen LogP contribution < -0.4 is 5.56 Å². The fourth-order valence-electron chi connectivity index (χ4n) is 1.48. The molecule has 80 valence electrons. The second-order valence-corrected chi connectivity index (χ2v) is 4.53. The first-order valence-electron chi connectivity index (χ1n) is 4.71. The molecule has 0 aliphatic rings. The molecule has 0 spiro atoms. The van der Waals surface area contributed by atoms with Crippen LogP contribution in [0.3, 0.4) is 0 Å². The van der Waals surface area contributed by atoms with Crippen molar-refractivity contribution in [2.75, 3.05) is 0 Å². The van der Waals surface area contributed by atoms with E-state index >= 15 is 0 Å². The molecule has 0 aliphatic heterocycles. The summed E-state index contributed by atoms with van der Waals surface area (Å²) in [5.41, 5.74) is 1.72. The number of fused-ring (bicyclic) bond motifs is 1. The number of hydrogen-bond acceptors (Lipinski definition) is 4. The monoisotopic (exact) mass is 224 g/mol. The number of nitrogens with zero attached hydrogens (tertiary/aromatic N) is 2. The van der Waals surface area contributed by atoms with Crippen LogP contribution in [0.15, 0.2) is 16.5 Å². The maximum absolute atomic E-state index is 11.9. The van der Waals surface area contributed by atoms with Crippen LogP contribution in [0.25, 0.3) is 10.2 Å². The Morgan fingerprint density at radius 2 is 2.40 bits per heavy atom. The molecule has 2 aromatic rings. The summed E-state index contributed by atoms with van der Waals surface area (Å²) in [5.74, 6) is 0. The molecule has 4 nitrogen and oxygen atoms in total. The SMILES string of the molecule is Cc1csc2c(=O)n(CC(C)O)cnc12. The third-order valence-corrected chi connectivity index (χ3v) is 3.26.